The van der Waals surface area contributed by atoms with Crippen molar-refractivity contribution in [1.82, 2.24) is 0 Å². The van der Waals surface area contributed by atoms with Crippen LogP contribution in [0.15, 0.2) is 78.9 Å². The van der Waals surface area contributed by atoms with Crippen molar-refractivity contribution in [1.29, 1.82) is 0 Å². The maximum Gasteiger partial charge on any atom is 0.266 e. The number of methoxy groups -OCH3 is 1. The van der Waals surface area contributed by atoms with Crippen molar-refractivity contribution < 1.29 is 23.6 Å². The monoisotopic (exact) mass is 418 g/mol. The molecule has 3 aromatic rings. The van der Waals surface area contributed by atoms with E-state index in [9.17, 15) is 14.0 Å². The minimum Gasteiger partial charge on any atom is -0.497 e. The van der Waals surface area contributed by atoms with E-state index in [0.717, 1.165) is 4.90 Å². The maximum atomic E-state index is 14.8. The number of fused-ring (bicyclic) bond motifs is 1. The molecular weight excluding hydrogens is 399 g/mol. The van der Waals surface area contributed by atoms with Gasteiger partial charge in [0.2, 0.25) is 5.91 Å². The van der Waals surface area contributed by atoms with Gasteiger partial charge in [0.05, 0.1) is 24.5 Å². The van der Waals surface area contributed by atoms with E-state index in [1.54, 1.807) is 54.6 Å². The van der Waals surface area contributed by atoms with Gasteiger partial charge in [-0.25, -0.2) is 14.4 Å². The number of anilines is 2. The second-order valence-corrected chi connectivity index (χ2v) is 7.39. The van der Waals surface area contributed by atoms with Crippen molar-refractivity contribution in [2.24, 2.45) is 5.92 Å². The van der Waals surface area contributed by atoms with Crippen LogP contribution in [0.5, 0.6) is 5.75 Å². The number of rotatable bonds is 4. The summed E-state index contributed by atoms with van der Waals surface area (Å²) >= 11 is 0. The van der Waals surface area contributed by atoms with E-state index in [1.807, 2.05) is 18.2 Å². The summed E-state index contributed by atoms with van der Waals surface area (Å²) in [6.45, 7) is 0. The zero-order valence-electron chi connectivity index (χ0n) is 16.6. The van der Waals surface area contributed by atoms with Crippen LogP contribution in [0.25, 0.3) is 0 Å². The molecule has 156 valence electrons. The first-order valence-electron chi connectivity index (χ1n) is 9.87. The molecule has 3 atom stereocenters. The van der Waals surface area contributed by atoms with E-state index in [-0.39, 0.29) is 0 Å². The molecule has 6 nitrogen and oxygen atoms in total. The normalized spacial score (nSPS) is 22.7. The summed E-state index contributed by atoms with van der Waals surface area (Å²) < 4.78 is 20.0. The number of hydroxylamine groups is 1. The molecule has 0 radical (unpaired) electrons. The Bertz CT molecular complexity index is 1150. The summed E-state index contributed by atoms with van der Waals surface area (Å²) in [5.41, 5.74) is 1.33. The molecule has 2 saturated heterocycles. The Morgan fingerprint density at radius 2 is 1.58 bits per heavy atom. The number of para-hydroxylation sites is 1. The Balaban J connectivity index is 1.60. The lowest BCUT2D eigenvalue weighted by atomic mass is 9.90. The lowest BCUT2D eigenvalue weighted by Gasteiger charge is -2.29. The molecule has 2 fully saturated rings. The predicted molar refractivity (Wildman–Crippen MR) is 112 cm³/mol. The van der Waals surface area contributed by atoms with Crippen LogP contribution in [-0.4, -0.2) is 25.0 Å². The van der Waals surface area contributed by atoms with Crippen molar-refractivity contribution in [2.45, 2.75) is 12.1 Å². The Kier molecular flexibility index (Phi) is 4.67. The summed E-state index contributed by atoms with van der Waals surface area (Å²) in [5.74, 6) is -1.75. The topological polar surface area (TPSA) is 59.1 Å². The smallest absolute Gasteiger partial charge is 0.266 e. The molecule has 7 heteroatoms. The van der Waals surface area contributed by atoms with Crippen molar-refractivity contribution >= 4 is 23.2 Å². The molecule has 3 aromatic carbocycles. The molecular formula is C24H19FN2O4. The van der Waals surface area contributed by atoms with Gasteiger partial charge in [-0.2, -0.15) is 0 Å². The first kappa shape index (κ1) is 19.3. The molecule has 31 heavy (non-hydrogen) atoms. The van der Waals surface area contributed by atoms with E-state index in [4.69, 9.17) is 9.57 Å². The third-order valence-corrected chi connectivity index (χ3v) is 5.66. The number of hydrogen-bond acceptors (Lipinski definition) is 5. The SMILES string of the molecule is COc1cccc(N2C(=O)[C@@H]3[C@@H](ON(c4ccccc4)[C@H]3c3ccccc3F)C2=O)c1. The highest BCUT2D eigenvalue weighted by atomic mass is 19.1. The first-order chi connectivity index (χ1) is 15.1. The summed E-state index contributed by atoms with van der Waals surface area (Å²) in [5, 5.41) is 1.48. The summed E-state index contributed by atoms with van der Waals surface area (Å²) in [6, 6.07) is 21.2. The number of nitrogens with zero attached hydrogens (tertiary/aromatic N) is 2. The summed E-state index contributed by atoms with van der Waals surface area (Å²) in [6.07, 6.45) is -1.05. The number of ether oxygens (including phenoxy) is 1. The predicted octanol–water partition coefficient (Wildman–Crippen LogP) is 3.89. The van der Waals surface area contributed by atoms with Crippen LogP contribution in [0.1, 0.15) is 11.6 Å². The van der Waals surface area contributed by atoms with Gasteiger partial charge in [-0.05, 0) is 30.3 Å². The fourth-order valence-electron chi connectivity index (χ4n) is 4.25. The van der Waals surface area contributed by atoms with Crippen LogP contribution < -0.4 is 14.7 Å². The highest BCUT2D eigenvalue weighted by Gasteiger charge is 2.60. The van der Waals surface area contributed by atoms with Crippen LogP contribution in [0.3, 0.4) is 0 Å². The van der Waals surface area contributed by atoms with Crippen LogP contribution >= 0.6 is 0 Å². The number of carbonyl (C=O) groups is 2. The van der Waals surface area contributed by atoms with Crippen LogP contribution in [0.2, 0.25) is 0 Å². The molecule has 2 amide bonds. The highest BCUT2D eigenvalue weighted by Crippen LogP contribution is 2.48. The molecule has 0 aromatic heterocycles. The zero-order valence-corrected chi connectivity index (χ0v) is 16.6. The van der Waals surface area contributed by atoms with Gasteiger partial charge < -0.3 is 4.74 Å². The number of benzene rings is 3. The Labute approximate surface area is 178 Å². The van der Waals surface area contributed by atoms with Gasteiger partial charge >= 0.3 is 0 Å². The van der Waals surface area contributed by atoms with E-state index in [2.05, 4.69) is 0 Å². The van der Waals surface area contributed by atoms with E-state index >= 15 is 0 Å². The van der Waals surface area contributed by atoms with E-state index < -0.39 is 35.7 Å². The maximum absolute atomic E-state index is 14.8. The Morgan fingerprint density at radius 3 is 2.32 bits per heavy atom. The standard InChI is InChI=1S/C24H19FN2O4/c1-30-17-11-7-10-16(14-17)26-23(28)20-21(18-12-5-6-13-19(18)25)27(31-22(20)24(26)29)15-8-3-2-4-9-15/h2-14,20-22H,1H3/t20-,21-,22+/m0/s1. The van der Waals surface area contributed by atoms with E-state index in [0.29, 0.717) is 22.7 Å². The van der Waals surface area contributed by atoms with Crippen LogP contribution in [0.4, 0.5) is 15.8 Å². The minimum atomic E-state index is -1.05. The minimum absolute atomic E-state index is 0.299. The van der Waals surface area contributed by atoms with Crippen LogP contribution in [-0.2, 0) is 14.4 Å². The van der Waals surface area contributed by atoms with Gasteiger partial charge in [0.25, 0.3) is 5.91 Å². The lowest BCUT2D eigenvalue weighted by Crippen LogP contribution is -2.37. The first-order valence-corrected chi connectivity index (χ1v) is 9.87. The van der Waals surface area contributed by atoms with Gasteiger partial charge in [-0.15, -0.1) is 0 Å². The molecule has 0 bridgehead atoms. The summed E-state index contributed by atoms with van der Waals surface area (Å²) in [7, 11) is 1.51. The molecule has 5 rings (SSSR count). The molecule has 0 spiro atoms. The Hall–Kier alpha value is -3.71. The van der Waals surface area contributed by atoms with E-state index in [1.165, 1.54) is 18.2 Å². The van der Waals surface area contributed by atoms with Gasteiger partial charge in [0.1, 0.15) is 17.5 Å². The fraction of sp³-hybridized carbons (Fsp3) is 0.167. The molecule has 0 N–H and O–H groups in total. The average Bonchev–Trinajstić information content (AvgIpc) is 3.31. The van der Waals surface area contributed by atoms with Gasteiger partial charge in [-0.3, -0.25) is 14.4 Å². The van der Waals surface area contributed by atoms with Crippen molar-refractivity contribution in [3.05, 3.63) is 90.2 Å². The second kappa shape index (κ2) is 7.52. The van der Waals surface area contributed by atoms with Crippen molar-refractivity contribution in [3.63, 3.8) is 0 Å². The molecule has 0 unspecified atom stereocenters. The highest BCUT2D eigenvalue weighted by molar-refractivity contribution is 6.24. The van der Waals surface area contributed by atoms with Crippen LogP contribution in [0, 0.1) is 11.7 Å². The lowest BCUT2D eigenvalue weighted by molar-refractivity contribution is -0.126. The molecule has 2 aliphatic rings. The largest absolute Gasteiger partial charge is 0.497 e. The molecule has 2 heterocycles. The zero-order chi connectivity index (χ0) is 21.5. The third kappa shape index (κ3) is 3.05. The average molecular weight is 418 g/mol. The number of carbonyl (C=O) groups excluding carboxylic acids is 2. The second-order valence-electron chi connectivity index (χ2n) is 7.39. The quantitative estimate of drug-likeness (QED) is 0.602. The van der Waals surface area contributed by atoms with Gasteiger partial charge in [0.15, 0.2) is 6.10 Å². The number of hydrogen-bond donors (Lipinski definition) is 0. The number of halogens is 1. The van der Waals surface area contributed by atoms with Gasteiger partial charge in [-0.1, -0.05) is 42.5 Å². The Morgan fingerprint density at radius 1 is 0.871 bits per heavy atom. The number of amides is 2. The van der Waals surface area contributed by atoms with Gasteiger partial charge in [0, 0.05) is 11.6 Å². The molecule has 2 aliphatic heterocycles. The van der Waals surface area contributed by atoms with Crippen molar-refractivity contribution in [3.8, 4) is 5.75 Å². The number of imide groups is 1. The third-order valence-electron chi connectivity index (χ3n) is 5.66. The molecule has 0 saturated carbocycles. The van der Waals surface area contributed by atoms with Crippen molar-refractivity contribution in [2.75, 3.05) is 17.1 Å². The fourth-order valence-corrected chi connectivity index (χ4v) is 4.25. The summed E-state index contributed by atoms with van der Waals surface area (Å²) in [4.78, 5) is 33.9. The molecule has 0 aliphatic carbocycles.